The van der Waals surface area contributed by atoms with Crippen LogP contribution in [0.5, 0.6) is 0 Å². The normalized spacial score (nSPS) is 30.9. The second-order valence-corrected chi connectivity index (χ2v) is 5.82. The zero-order chi connectivity index (χ0) is 10.6. The highest BCUT2D eigenvalue weighted by molar-refractivity contribution is 4.70. The minimum atomic E-state index is 0.0348. The van der Waals surface area contributed by atoms with Crippen LogP contribution in [0.3, 0.4) is 0 Å². The largest absolute Gasteiger partial charge is 0.373 e. The molecule has 0 aromatic carbocycles. The van der Waals surface area contributed by atoms with E-state index in [0.717, 1.165) is 5.92 Å². The van der Waals surface area contributed by atoms with Gasteiger partial charge < -0.3 is 4.74 Å². The van der Waals surface area contributed by atoms with E-state index in [-0.39, 0.29) is 5.60 Å². The van der Waals surface area contributed by atoms with Gasteiger partial charge in [-0.15, -0.1) is 0 Å². The van der Waals surface area contributed by atoms with E-state index in [4.69, 9.17) is 4.74 Å². The lowest BCUT2D eigenvalue weighted by Crippen LogP contribution is -2.28. The van der Waals surface area contributed by atoms with Gasteiger partial charge in [-0.3, -0.25) is 0 Å². The molecule has 2 atom stereocenters. The van der Waals surface area contributed by atoms with E-state index in [9.17, 15) is 0 Å². The summed E-state index contributed by atoms with van der Waals surface area (Å²) in [5, 5.41) is 0. The molecule has 0 N–H and O–H groups in total. The van der Waals surface area contributed by atoms with Gasteiger partial charge in [0.05, 0.1) is 11.7 Å². The molecule has 2 unspecified atom stereocenters. The van der Waals surface area contributed by atoms with Crippen molar-refractivity contribution in [1.82, 2.24) is 0 Å². The Hall–Kier alpha value is -0.0400. The van der Waals surface area contributed by atoms with Crippen LogP contribution in [-0.2, 0) is 4.74 Å². The van der Waals surface area contributed by atoms with E-state index in [1.165, 1.54) is 38.5 Å². The Labute approximate surface area is 89.2 Å². The molecule has 1 heteroatoms. The third kappa shape index (κ3) is 4.99. The van der Waals surface area contributed by atoms with E-state index >= 15 is 0 Å². The minimum absolute atomic E-state index is 0.0348. The summed E-state index contributed by atoms with van der Waals surface area (Å²) in [7, 11) is 0. The van der Waals surface area contributed by atoms with Crippen molar-refractivity contribution in [2.45, 2.75) is 77.9 Å². The fraction of sp³-hybridized carbons (Fsp3) is 1.00. The molecule has 0 radical (unpaired) electrons. The first-order valence-electron chi connectivity index (χ1n) is 6.15. The van der Waals surface area contributed by atoms with Crippen molar-refractivity contribution in [1.29, 1.82) is 0 Å². The Morgan fingerprint density at radius 1 is 0.929 bits per heavy atom. The van der Waals surface area contributed by atoms with Gasteiger partial charge in [0.1, 0.15) is 0 Å². The maximum Gasteiger partial charge on any atom is 0.0602 e. The fourth-order valence-corrected chi connectivity index (χ4v) is 2.24. The highest BCUT2D eigenvalue weighted by Gasteiger charge is 2.20. The van der Waals surface area contributed by atoms with Crippen molar-refractivity contribution in [2.75, 3.05) is 0 Å². The monoisotopic (exact) mass is 198 g/mol. The van der Waals surface area contributed by atoms with Crippen molar-refractivity contribution in [2.24, 2.45) is 5.92 Å². The van der Waals surface area contributed by atoms with E-state index in [0.29, 0.717) is 6.10 Å². The molecule has 0 saturated heterocycles. The molecular weight excluding hydrogens is 172 g/mol. The summed E-state index contributed by atoms with van der Waals surface area (Å²) in [6.07, 6.45) is 8.56. The predicted octanol–water partition coefficient (Wildman–Crippen LogP) is 4.16. The van der Waals surface area contributed by atoms with Crippen molar-refractivity contribution < 1.29 is 4.74 Å². The van der Waals surface area contributed by atoms with Gasteiger partial charge >= 0.3 is 0 Å². The molecule has 1 aliphatic carbocycles. The zero-order valence-electron chi connectivity index (χ0n) is 10.3. The lowest BCUT2D eigenvalue weighted by atomic mass is 9.91. The Kier molecular flexibility index (Phi) is 4.43. The molecule has 1 fully saturated rings. The SMILES string of the molecule is CC1CCCCC(OC(C)(C)C)CC1. The second-order valence-electron chi connectivity index (χ2n) is 5.82. The van der Waals surface area contributed by atoms with Gasteiger partial charge in [0.15, 0.2) is 0 Å². The molecule has 0 aromatic rings. The van der Waals surface area contributed by atoms with Gasteiger partial charge in [-0.1, -0.05) is 26.2 Å². The summed E-state index contributed by atoms with van der Waals surface area (Å²) < 4.78 is 6.06. The van der Waals surface area contributed by atoms with Crippen LogP contribution in [0.2, 0.25) is 0 Å². The third-order valence-electron chi connectivity index (χ3n) is 2.97. The van der Waals surface area contributed by atoms with E-state index in [2.05, 4.69) is 27.7 Å². The Balaban J connectivity index is 2.36. The first-order chi connectivity index (χ1) is 6.47. The quantitative estimate of drug-likeness (QED) is 0.614. The maximum absolute atomic E-state index is 6.06. The molecule has 0 aliphatic heterocycles. The van der Waals surface area contributed by atoms with E-state index in [1.807, 2.05) is 0 Å². The summed E-state index contributed by atoms with van der Waals surface area (Å²) in [6, 6.07) is 0. The van der Waals surface area contributed by atoms with Gasteiger partial charge in [-0.05, 0) is 46.0 Å². The highest BCUT2D eigenvalue weighted by atomic mass is 16.5. The van der Waals surface area contributed by atoms with Crippen LogP contribution < -0.4 is 0 Å². The molecule has 0 bridgehead atoms. The molecule has 0 heterocycles. The smallest absolute Gasteiger partial charge is 0.0602 e. The molecule has 0 spiro atoms. The molecule has 1 aliphatic rings. The molecule has 1 nitrogen and oxygen atoms in total. The van der Waals surface area contributed by atoms with Gasteiger partial charge in [-0.2, -0.15) is 0 Å². The molecule has 0 aromatic heterocycles. The minimum Gasteiger partial charge on any atom is -0.373 e. The van der Waals surface area contributed by atoms with Crippen molar-refractivity contribution in [3.05, 3.63) is 0 Å². The van der Waals surface area contributed by atoms with Crippen LogP contribution in [-0.4, -0.2) is 11.7 Å². The van der Waals surface area contributed by atoms with Crippen LogP contribution in [0, 0.1) is 5.92 Å². The van der Waals surface area contributed by atoms with Crippen LogP contribution in [0.25, 0.3) is 0 Å². The number of rotatable bonds is 1. The van der Waals surface area contributed by atoms with Gasteiger partial charge in [0.25, 0.3) is 0 Å². The topological polar surface area (TPSA) is 9.23 Å². The van der Waals surface area contributed by atoms with E-state index < -0.39 is 0 Å². The average molecular weight is 198 g/mol. The third-order valence-corrected chi connectivity index (χ3v) is 2.97. The second kappa shape index (κ2) is 5.16. The summed E-state index contributed by atoms with van der Waals surface area (Å²) >= 11 is 0. The lowest BCUT2D eigenvalue weighted by Gasteiger charge is -2.30. The molecule has 84 valence electrons. The van der Waals surface area contributed by atoms with Crippen LogP contribution in [0.1, 0.15) is 66.2 Å². The van der Waals surface area contributed by atoms with Gasteiger partial charge in [-0.25, -0.2) is 0 Å². The predicted molar refractivity (Wildman–Crippen MR) is 61.5 cm³/mol. The standard InChI is InChI=1S/C13H26O/c1-11-7-5-6-8-12(10-9-11)14-13(2,3)4/h11-12H,5-10H2,1-4H3. The Morgan fingerprint density at radius 3 is 2.21 bits per heavy atom. The first-order valence-corrected chi connectivity index (χ1v) is 6.15. The zero-order valence-corrected chi connectivity index (χ0v) is 10.3. The van der Waals surface area contributed by atoms with Gasteiger partial charge in [0.2, 0.25) is 0 Å². The van der Waals surface area contributed by atoms with Crippen molar-refractivity contribution in [3.8, 4) is 0 Å². The lowest BCUT2D eigenvalue weighted by molar-refractivity contribution is -0.0706. The Bertz CT molecular complexity index is 157. The molecule has 1 saturated carbocycles. The molecule has 0 amide bonds. The number of hydrogen-bond acceptors (Lipinski definition) is 1. The summed E-state index contributed by atoms with van der Waals surface area (Å²) in [4.78, 5) is 0. The first kappa shape index (κ1) is 12.0. The van der Waals surface area contributed by atoms with E-state index in [1.54, 1.807) is 0 Å². The Morgan fingerprint density at radius 2 is 1.57 bits per heavy atom. The maximum atomic E-state index is 6.06. The fourth-order valence-electron chi connectivity index (χ4n) is 2.24. The summed E-state index contributed by atoms with van der Waals surface area (Å²) in [5.74, 6) is 0.904. The van der Waals surface area contributed by atoms with Gasteiger partial charge in [0, 0.05) is 0 Å². The highest BCUT2D eigenvalue weighted by Crippen LogP contribution is 2.26. The van der Waals surface area contributed by atoms with Crippen molar-refractivity contribution >= 4 is 0 Å². The summed E-state index contributed by atoms with van der Waals surface area (Å²) in [6.45, 7) is 8.86. The average Bonchev–Trinajstić information content (AvgIpc) is 2.02. The van der Waals surface area contributed by atoms with Crippen LogP contribution >= 0.6 is 0 Å². The van der Waals surface area contributed by atoms with Crippen LogP contribution in [0.4, 0.5) is 0 Å². The molecular formula is C13H26O. The van der Waals surface area contributed by atoms with Crippen molar-refractivity contribution in [3.63, 3.8) is 0 Å². The molecule has 14 heavy (non-hydrogen) atoms. The van der Waals surface area contributed by atoms with Crippen LogP contribution in [0.15, 0.2) is 0 Å². The summed E-state index contributed by atoms with van der Waals surface area (Å²) in [5.41, 5.74) is 0.0348. The number of hydrogen-bond donors (Lipinski definition) is 0. The number of ether oxygens (including phenoxy) is 1. The molecule has 1 rings (SSSR count).